The SMILES string of the molecule is CCC(C)CCCCCCCCCCCCCCCCC(=O)O[C@H](COC(=O)CCCCCCCCC(C)C)COP(=O)(O)OC[C@H](O)COP(=O)(O)OC[C@@H](COC(=O)CCCCCCCCCCCCCCCCCCC(C)C)OC(=O)CCCCCCCCC(C)C. The highest BCUT2D eigenvalue weighted by molar-refractivity contribution is 7.47. The van der Waals surface area contributed by atoms with E-state index in [9.17, 15) is 43.2 Å². The van der Waals surface area contributed by atoms with E-state index in [0.717, 1.165) is 108 Å². The zero-order valence-corrected chi connectivity index (χ0v) is 64.1. The zero-order valence-electron chi connectivity index (χ0n) is 62.3. The first-order valence-electron chi connectivity index (χ1n) is 39.2. The number of carbonyl (C=O) groups excluding carboxylic acids is 4. The number of carbonyl (C=O) groups is 4. The van der Waals surface area contributed by atoms with Crippen LogP contribution >= 0.6 is 15.6 Å². The van der Waals surface area contributed by atoms with Gasteiger partial charge in [-0.05, 0) is 49.4 Å². The summed E-state index contributed by atoms with van der Waals surface area (Å²) in [6.07, 6.45) is 50.4. The van der Waals surface area contributed by atoms with Gasteiger partial charge in [0, 0.05) is 25.7 Å². The van der Waals surface area contributed by atoms with Gasteiger partial charge < -0.3 is 33.8 Å². The van der Waals surface area contributed by atoms with Crippen LogP contribution < -0.4 is 0 Å². The fraction of sp³-hybridized carbons (Fsp3) is 0.947. The van der Waals surface area contributed by atoms with Crippen molar-refractivity contribution < 1.29 is 80.2 Å². The Hall–Kier alpha value is -1.94. The minimum absolute atomic E-state index is 0.102. The molecule has 3 N–H and O–H groups in total. The topological polar surface area (TPSA) is 237 Å². The number of aliphatic hydroxyl groups is 1. The second-order valence-corrected chi connectivity index (χ2v) is 32.0. The van der Waals surface area contributed by atoms with Gasteiger partial charge in [-0.3, -0.25) is 37.3 Å². The van der Waals surface area contributed by atoms with Crippen LogP contribution in [0, 0.1) is 23.7 Å². The van der Waals surface area contributed by atoms with E-state index in [0.29, 0.717) is 37.5 Å². The van der Waals surface area contributed by atoms with Crippen LogP contribution in [0.4, 0.5) is 0 Å². The standard InChI is InChI=1S/C76H148O17P2/c1-9-69(8)55-47-39-29-25-21-17-14-15-19-23-27-31-42-50-58-75(80)92-71(63-87-74(79)57-49-41-34-32-37-45-53-67(4)5)64-90-94(82,83)88-60-70(77)61-89-95(84,85)91-65-72(93-76(81)59-51-43-35-33-38-46-54-68(6)7)62-86-73(78)56-48-40-30-26-22-18-13-11-10-12-16-20-24-28-36-44-52-66(2)3/h66-72,77H,9-65H2,1-8H3,(H,82,83)(H,84,85)/t69?,70-,71+,72+/m0/s1. The molecule has 19 heteroatoms. The third-order valence-electron chi connectivity index (χ3n) is 17.9. The van der Waals surface area contributed by atoms with Crippen LogP contribution in [0.1, 0.15) is 383 Å². The van der Waals surface area contributed by atoms with Crippen LogP contribution in [0.2, 0.25) is 0 Å². The lowest BCUT2D eigenvalue weighted by molar-refractivity contribution is -0.161. The predicted octanol–water partition coefficient (Wildman–Crippen LogP) is 22.0. The molecular weight excluding hydrogens is 1250 g/mol. The van der Waals surface area contributed by atoms with E-state index in [-0.39, 0.29) is 25.7 Å². The summed E-state index contributed by atoms with van der Waals surface area (Å²) in [5, 5.41) is 10.6. The van der Waals surface area contributed by atoms with Crippen LogP contribution in [0.3, 0.4) is 0 Å². The van der Waals surface area contributed by atoms with Crippen molar-refractivity contribution in [3.05, 3.63) is 0 Å². The smallest absolute Gasteiger partial charge is 0.462 e. The fourth-order valence-corrected chi connectivity index (χ4v) is 13.1. The lowest BCUT2D eigenvalue weighted by Gasteiger charge is -2.21. The zero-order chi connectivity index (χ0) is 70.3. The summed E-state index contributed by atoms with van der Waals surface area (Å²) in [6, 6.07) is 0. The molecule has 0 heterocycles. The molecule has 0 aromatic rings. The molecule has 0 rings (SSSR count). The van der Waals surface area contributed by atoms with Crippen LogP contribution in [0.25, 0.3) is 0 Å². The van der Waals surface area contributed by atoms with Gasteiger partial charge in [-0.1, -0.05) is 331 Å². The summed E-state index contributed by atoms with van der Waals surface area (Å²) in [6.45, 7) is 14.1. The number of aliphatic hydroxyl groups excluding tert-OH is 1. The quantitative estimate of drug-likeness (QED) is 0.0222. The van der Waals surface area contributed by atoms with Gasteiger partial charge in [-0.15, -0.1) is 0 Å². The minimum atomic E-state index is -4.95. The summed E-state index contributed by atoms with van der Waals surface area (Å²) in [5.74, 6) is 0.879. The van der Waals surface area contributed by atoms with Crippen LogP contribution in [-0.4, -0.2) is 96.7 Å². The number of hydrogen-bond donors (Lipinski definition) is 3. The maximum Gasteiger partial charge on any atom is 0.472 e. The molecule has 0 amide bonds. The summed E-state index contributed by atoms with van der Waals surface area (Å²) < 4.78 is 68.4. The summed E-state index contributed by atoms with van der Waals surface area (Å²) >= 11 is 0. The molecule has 95 heavy (non-hydrogen) atoms. The summed E-state index contributed by atoms with van der Waals surface area (Å²) in [5.41, 5.74) is 0. The van der Waals surface area contributed by atoms with E-state index in [2.05, 4.69) is 55.4 Å². The highest BCUT2D eigenvalue weighted by Crippen LogP contribution is 2.45. The first-order valence-corrected chi connectivity index (χ1v) is 42.2. The second-order valence-electron chi connectivity index (χ2n) is 29.1. The number of rotatable bonds is 73. The molecule has 0 aromatic heterocycles. The van der Waals surface area contributed by atoms with Crippen molar-refractivity contribution in [1.82, 2.24) is 0 Å². The molecule has 0 aromatic carbocycles. The highest BCUT2D eigenvalue weighted by atomic mass is 31.2. The molecule has 0 aliphatic carbocycles. The van der Waals surface area contributed by atoms with E-state index >= 15 is 0 Å². The Kier molecular flexibility index (Phi) is 64.0. The van der Waals surface area contributed by atoms with Crippen molar-refractivity contribution in [1.29, 1.82) is 0 Å². The van der Waals surface area contributed by atoms with Crippen molar-refractivity contribution in [3.8, 4) is 0 Å². The van der Waals surface area contributed by atoms with Gasteiger partial charge in [0.25, 0.3) is 0 Å². The molecular formula is C76H148O17P2. The number of phosphoric ester groups is 2. The van der Waals surface area contributed by atoms with E-state index < -0.39 is 97.5 Å². The normalized spacial score (nSPS) is 14.4. The molecule has 0 aliphatic heterocycles. The van der Waals surface area contributed by atoms with Gasteiger partial charge in [0.15, 0.2) is 12.2 Å². The Morgan fingerprint density at radius 3 is 0.747 bits per heavy atom. The molecule has 0 fully saturated rings. The van der Waals surface area contributed by atoms with Gasteiger partial charge in [0.1, 0.15) is 19.3 Å². The van der Waals surface area contributed by atoms with Crippen molar-refractivity contribution in [3.63, 3.8) is 0 Å². The maximum atomic E-state index is 13.0. The number of phosphoric acid groups is 2. The first kappa shape index (κ1) is 93.1. The van der Waals surface area contributed by atoms with E-state index in [1.807, 2.05) is 0 Å². The number of ether oxygens (including phenoxy) is 4. The lowest BCUT2D eigenvalue weighted by Crippen LogP contribution is -2.30. The fourth-order valence-electron chi connectivity index (χ4n) is 11.5. The largest absolute Gasteiger partial charge is 0.472 e. The molecule has 17 nitrogen and oxygen atoms in total. The van der Waals surface area contributed by atoms with Crippen LogP contribution in [-0.2, 0) is 65.4 Å². The third kappa shape index (κ3) is 69.0. The Morgan fingerprint density at radius 1 is 0.295 bits per heavy atom. The molecule has 6 atom stereocenters. The van der Waals surface area contributed by atoms with Crippen molar-refractivity contribution in [2.24, 2.45) is 23.7 Å². The molecule has 0 aliphatic rings. The minimum Gasteiger partial charge on any atom is -0.462 e. The van der Waals surface area contributed by atoms with Crippen molar-refractivity contribution in [2.75, 3.05) is 39.6 Å². The Morgan fingerprint density at radius 2 is 0.505 bits per heavy atom. The molecule has 0 saturated carbocycles. The van der Waals surface area contributed by atoms with Crippen LogP contribution in [0.5, 0.6) is 0 Å². The Bertz CT molecular complexity index is 1870. The van der Waals surface area contributed by atoms with E-state index in [1.165, 1.54) is 180 Å². The predicted molar refractivity (Wildman–Crippen MR) is 386 cm³/mol. The molecule has 0 bridgehead atoms. The molecule has 564 valence electrons. The average molecular weight is 1400 g/mol. The second kappa shape index (κ2) is 65.4. The number of unbranched alkanes of at least 4 members (excludes halogenated alkanes) is 38. The van der Waals surface area contributed by atoms with Gasteiger partial charge in [-0.25, -0.2) is 9.13 Å². The van der Waals surface area contributed by atoms with Gasteiger partial charge in [0.2, 0.25) is 0 Å². The number of hydrogen-bond acceptors (Lipinski definition) is 15. The van der Waals surface area contributed by atoms with Crippen molar-refractivity contribution >= 4 is 39.5 Å². The lowest BCUT2D eigenvalue weighted by atomic mass is 9.99. The average Bonchev–Trinajstić information content (AvgIpc) is 1.42. The maximum absolute atomic E-state index is 13.0. The Balaban J connectivity index is 5.13. The molecule has 3 unspecified atom stereocenters. The summed E-state index contributed by atoms with van der Waals surface area (Å²) in [7, 11) is -9.91. The Labute approximate surface area is 581 Å². The van der Waals surface area contributed by atoms with E-state index in [4.69, 9.17) is 37.0 Å². The molecule has 0 radical (unpaired) electrons. The molecule has 0 saturated heterocycles. The first-order chi connectivity index (χ1) is 45.6. The van der Waals surface area contributed by atoms with Crippen LogP contribution in [0.15, 0.2) is 0 Å². The van der Waals surface area contributed by atoms with Gasteiger partial charge >= 0.3 is 39.5 Å². The number of esters is 4. The van der Waals surface area contributed by atoms with Gasteiger partial charge in [-0.2, -0.15) is 0 Å². The summed E-state index contributed by atoms with van der Waals surface area (Å²) in [4.78, 5) is 72.7. The monoisotopic (exact) mass is 1400 g/mol. The third-order valence-corrected chi connectivity index (χ3v) is 19.8. The van der Waals surface area contributed by atoms with Gasteiger partial charge in [0.05, 0.1) is 26.4 Å². The van der Waals surface area contributed by atoms with E-state index in [1.54, 1.807) is 0 Å². The highest BCUT2D eigenvalue weighted by Gasteiger charge is 2.30. The van der Waals surface area contributed by atoms with Crippen molar-refractivity contribution in [2.45, 2.75) is 401 Å². The molecule has 0 spiro atoms.